The monoisotopic (exact) mass is 275 g/mol. The van der Waals surface area contributed by atoms with Crippen LogP contribution >= 0.6 is 0 Å². The molecule has 1 atom stereocenters. The van der Waals surface area contributed by atoms with Crippen molar-refractivity contribution in [2.24, 2.45) is 5.92 Å². The molecular formula is C16H18FNO2. The van der Waals surface area contributed by atoms with Crippen molar-refractivity contribution in [3.05, 3.63) is 59.3 Å². The summed E-state index contributed by atoms with van der Waals surface area (Å²) in [6.07, 6.45) is 0. The van der Waals surface area contributed by atoms with Crippen LogP contribution in [0.1, 0.15) is 41.8 Å². The van der Waals surface area contributed by atoms with Crippen molar-refractivity contribution < 1.29 is 13.6 Å². The first kappa shape index (κ1) is 14.3. The zero-order valence-electron chi connectivity index (χ0n) is 11.8. The second kappa shape index (κ2) is 5.90. The molecule has 0 aliphatic rings. The lowest BCUT2D eigenvalue weighted by Gasteiger charge is -2.22. The maximum Gasteiger partial charge on any atom is 0.287 e. The lowest BCUT2D eigenvalue weighted by molar-refractivity contribution is 0.0896. The Bertz CT molecular complexity index is 587. The van der Waals surface area contributed by atoms with Gasteiger partial charge in [-0.2, -0.15) is 0 Å². The van der Waals surface area contributed by atoms with Crippen LogP contribution in [-0.2, 0) is 0 Å². The molecule has 0 fully saturated rings. The van der Waals surface area contributed by atoms with E-state index in [0.29, 0.717) is 5.76 Å². The van der Waals surface area contributed by atoms with Crippen molar-refractivity contribution in [1.29, 1.82) is 0 Å². The van der Waals surface area contributed by atoms with Gasteiger partial charge in [-0.3, -0.25) is 4.79 Å². The summed E-state index contributed by atoms with van der Waals surface area (Å²) >= 11 is 0. The van der Waals surface area contributed by atoms with Crippen molar-refractivity contribution in [2.75, 3.05) is 0 Å². The molecule has 1 aromatic heterocycles. The standard InChI is InChI=1S/C16H18FNO2/c1-10(2)15(12-5-7-13(17)8-6-12)18-16(19)14-9-4-11(3)20-14/h4-10,15H,1-3H3,(H,18,19). The largest absolute Gasteiger partial charge is 0.456 e. The minimum atomic E-state index is -0.288. The van der Waals surface area contributed by atoms with Crippen molar-refractivity contribution in [3.8, 4) is 0 Å². The number of hydrogen-bond donors (Lipinski definition) is 1. The molecule has 0 saturated heterocycles. The van der Waals surface area contributed by atoms with E-state index in [1.165, 1.54) is 12.1 Å². The SMILES string of the molecule is Cc1ccc(C(=O)NC(c2ccc(F)cc2)C(C)C)o1. The van der Waals surface area contributed by atoms with Gasteiger partial charge in [0, 0.05) is 0 Å². The Morgan fingerprint density at radius 1 is 1.15 bits per heavy atom. The van der Waals surface area contributed by atoms with Gasteiger partial charge in [-0.05, 0) is 42.7 Å². The average Bonchev–Trinajstić information content (AvgIpc) is 2.83. The van der Waals surface area contributed by atoms with Gasteiger partial charge in [0.2, 0.25) is 0 Å². The first-order chi connectivity index (χ1) is 9.47. The molecule has 2 rings (SSSR count). The predicted molar refractivity (Wildman–Crippen MR) is 74.9 cm³/mol. The summed E-state index contributed by atoms with van der Waals surface area (Å²) in [5.74, 6) is 0.610. The highest BCUT2D eigenvalue weighted by molar-refractivity contribution is 5.91. The molecule has 0 aliphatic heterocycles. The molecule has 1 aromatic carbocycles. The highest BCUT2D eigenvalue weighted by Crippen LogP contribution is 2.22. The third kappa shape index (κ3) is 3.26. The van der Waals surface area contributed by atoms with Gasteiger partial charge in [-0.1, -0.05) is 26.0 Å². The number of nitrogens with one attached hydrogen (secondary N) is 1. The minimum Gasteiger partial charge on any atom is -0.456 e. The number of hydrogen-bond acceptors (Lipinski definition) is 2. The Hall–Kier alpha value is -2.10. The summed E-state index contributed by atoms with van der Waals surface area (Å²) in [6, 6.07) is 9.38. The number of carbonyl (C=O) groups is 1. The van der Waals surface area contributed by atoms with Crippen LogP contribution in [0.5, 0.6) is 0 Å². The van der Waals surface area contributed by atoms with Crippen molar-refractivity contribution in [2.45, 2.75) is 26.8 Å². The summed E-state index contributed by atoms with van der Waals surface area (Å²) in [7, 11) is 0. The van der Waals surface area contributed by atoms with Gasteiger partial charge in [0.1, 0.15) is 11.6 Å². The Morgan fingerprint density at radius 3 is 2.30 bits per heavy atom. The maximum atomic E-state index is 13.0. The fraction of sp³-hybridized carbons (Fsp3) is 0.312. The first-order valence-corrected chi connectivity index (χ1v) is 6.60. The van der Waals surface area contributed by atoms with Crippen LogP contribution in [0.2, 0.25) is 0 Å². The fourth-order valence-electron chi connectivity index (χ4n) is 2.07. The van der Waals surface area contributed by atoms with E-state index in [1.807, 2.05) is 13.8 Å². The zero-order valence-corrected chi connectivity index (χ0v) is 11.8. The fourth-order valence-corrected chi connectivity index (χ4v) is 2.07. The molecule has 2 aromatic rings. The molecule has 106 valence electrons. The van der Waals surface area contributed by atoms with E-state index in [0.717, 1.165) is 5.56 Å². The van der Waals surface area contributed by atoms with Gasteiger partial charge in [-0.25, -0.2) is 4.39 Å². The minimum absolute atomic E-state index is 0.181. The second-order valence-electron chi connectivity index (χ2n) is 5.16. The van der Waals surface area contributed by atoms with E-state index in [9.17, 15) is 9.18 Å². The number of rotatable bonds is 4. The summed E-state index contributed by atoms with van der Waals surface area (Å²) in [4.78, 5) is 12.1. The Labute approximate surface area is 117 Å². The van der Waals surface area contributed by atoms with Crippen LogP contribution in [0.15, 0.2) is 40.8 Å². The molecule has 1 unspecified atom stereocenters. The van der Waals surface area contributed by atoms with E-state index >= 15 is 0 Å². The smallest absolute Gasteiger partial charge is 0.287 e. The molecule has 1 amide bonds. The predicted octanol–water partition coefficient (Wildman–Crippen LogP) is 3.85. The second-order valence-corrected chi connectivity index (χ2v) is 5.16. The highest BCUT2D eigenvalue weighted by atomic mass is 19.1. The van der Waals surface area contributed by atoms with Gasteiger partial charge >= 0.3 is 0 Å². The summed E-state index contributed by atoms with van der Waals surface area (Å²) in [5, 5.41) is 2.93. The summed E-state index contributed by atoms with van der Waals surface area (Å²) in [5.41, 5.74) is 0.873. The number of benzene rings is 1. The van der Waals surface area contributed by atoms with Crippen molar-refractivity contribution in [1.82, 2.24) is 5.32 Å². The van der Waals surface area contributed by atoms with Gasteiger partial charge in [0.25, 0.3) is 5.91 Å². The van der Waals surface area contributed by atoms with Crippen LogP contribution in [0.25, 0.3) is 0 Å². The van der Waals surface area contributed by atoms with E-state index < -0.39 is 0 Å². The number of furan rings is 1. The van der Waals surface area contributed by atoms with Crippen molar-refractivity contribution in [3.63, 3.8) is 0 Å². The number of aryl methyl sites for hydroxylation is 1. The molecule has 0 bridgehead atoms. The van der Waals surface area contributed by atoms with E-state index in [1.54, 1.807) is 31.2 Å². The summed E-state index contributed by atoms with van der Waals surface area (Å²) < 4.78 is 18.3. The normalized spacial score (nSPS) is 12.4. The Balaban J connectivity index is 2.17. The molecule has 4 heteroatoms. The number of carbonyl (C=O) groups excluding carboxylic acids is 1. The molecule has 0 aliphatic carbocycles. The first-order valence-electron chi connectivity index (χ1n) is 6.60. The Kier molecular flexibility index (Phi) is 4.23. The van der Waals surface area contributed by atoms with Crippen LogP contribution in [0.4, 0.5) is 4.39 Å². The molecule has 1 N–H and O–H groups in total. The van der Waals surface area contributed by atoms with Gasteiger partial charge in [0.05, 0.1) is 6.04 Å². The molecule has 20 heavy (non-hydrogen) atoms. The van der Waals surface area contributed by atoms with Gasteiger partial charge in [0.15, 0.2) is 5.76 Å². The van der Waals surface area contributed by atoms with Crippen LogP contribution in [-0.4, -0.2) is 5.91 Å². The van der Waals surface area contributed by atoms with Crippen molar-refractivity contribution >= 4 is 5.91 Å². The third-order valence-corrected chi connectivity index (χ3v) is 3.15. The zero-order chi connectivity index (χ0) is 14.7. The van der Waals surface area contributed by atoms with E-state index in [-0.39, 0.29) is 29.4 Å². The van der Waals surface area contributed by atoms with Crippen LogP contribution in [0, 0.1) is 18.7 Å². The quantitative estimate of drug-likeness (QED) is 0.920. The lowest BCUT2D eigenvalue weighted by atomic mass is 9.96. The molecule has 3 nitrogen and oxygen atoms in total. The molecule has 0 saturated carbocycles. The highest BCUT2D eigenvalue weighted by Gasteiger charge is 2.20. The van der Waals surface area contributed by atoms with Crippen LogP contribution < -0.4 is 5.32 Å². The molecule has 1 heterocycles. The topological polar surface area (TPSA) is 42.2 Å². The third-order valence-electron chi connectivity index (χ3n) is 3.15. The molecule has 0 radical (unpaired) electrons. The van der Waals surface area contributed by atoms with E-state index in [2.05, 4.69) is 5.32 Å². The average molecular weight is 275 g/mol. The molecular weight excluding hydrogens is 257 g/mol. The van der Waals surface area contributed by atoms with Crippen LogP contribution in [0.3, 0.4) is 0 Å². The number of halogens is 1. The van der Waals surface area contributed by atoms with Gasteiger partial charge < -0.3 is 9.73 Å². The Morgan fingerprint density at radius 2 is 1.80 bits per heavy atom. The lowest BCUT2D eigenvalue weighted by Crippen LogP contribution is -2.31. The summed E-state index contributed by atoms with van der Waals surface area (Å²) in [6.45, 7) is 5.79. The van der Waals surface area contributed by atoms with Gasteiger partial charge in [-0.15, -0.1) is 0 Å². The maximum absolute atomic E-state index is 13.0. The van der Waals surface area contributed by atoms with E-state index in [4.69, 9.17) is 4.42 Å². The molecule has 0 spiro atoms. The number of amides is 1.